The normalized spacial score (nSPS) is 13.6. The van der Waals surface area contributed by atoms with Gasteiger partial charge in [-0.05, 0) is 48.5 Å². The van der Waals surface area contributed by atoms with Crippen molar-refractivity contribution in [2.75, 3.05) is 14.1 Å². The molecule has 0 bridgehead atoms. The summed E-state index contributed by atoms with van der Waals surface area (Å²) in [6.07, 6.45) is -9.16. The van der Waals surface area contributed by atoms with Crippen LogP contribution in [0.25, 0.3) is 0 Å². The van der Waals surface area contributed by atoms with E-state index in [1.165, 1.54) is 48.5 Å². The highest BCUT2D eigenvalue weighted by molar-refractivity contribution is 6.05. The summed E-state index contributed by atoms with van der Waals surface area (Å²) in [5, 5.41) is 0. The largest absolute Gasteiger partial charge is 0.457 e. The first-order valence-corrected chi connectivity index (χ1v) is 7.53. The monoisotopic (exact) mass is 388 g/mol. The Morgan fingerprint density at radius 1 is 0.630 bits per heavy atom. The van der Waals surface area contributed by atoms with Crippen molar-refractivity contribution < 1.29 is 31.1 Å². The Bertz CT molecular complexity index is 763. The maximum Gasteiger partial charge on any atom is 0.433 e. The van der Waals surface area contributed by atoms with Crippen LogP contribution in [-0.4, -0.2) is 37.9 Å². The number of halogens is 6. The number of aliphatic imine (C=N–C) groups is 2. The zero-order chi connectivity index (χ0) is 20.2. The zero-order valence-electron chi connectivity index (χ0n) is 14.2. The van der Waals surface area contributed by atoms with Crippen LogP contribution in [0, 0.1) is 0 Å². The molecule has 27 heavy (non-hydrogen) atoms. The molecular formula is C18H14F6N2O. The molecule has 2 aromatic carbocycles. The summed E-state index contributed by atoms with van der Waals surface area (Å²) in [4.78, 5) is 6.49. The van der Waals surface area contributed by atoms with Gasteiger partial charge in [0.1, 0.15) is 22.9 Å². The van der Waals surface area contributed by atoms with E-state index in [9.17, 15) is 26.3 Å². The van der Waals surface area contributed by atoms with E-state index in [-0.39, 0.29) is 22.6 Å². The molecule has 0 unspecified atom stereocenters. The van der Waals surface area contributed by atoms with Crippen molar-refractivity contribution in [2.45, 2.75) is 12.4 Å². The van der Waals surface area contributed by atoms with E-state index in [1.54, 1.807) is 0 Å². The van der Waals surface area contributed by atoms with Crippen LogP contribution in [0.2, 0.25) is 0 Å². The molecule has 0 saturated carbocycles. The Hall–Kier alpha value is -2.84. The van der Waals surface area contributed by atoms with Crippen LogP contribution in [0.3, 0.4) is 0 Å². The minimum absolute atomic E-state index is 0.123. The van der Waals surface area contributed by atoms with Gasteiger partial charge in [-0.1, -0.05) is 0 Å². The molecule has 9 heteroatoms. The molecule has 0 aliphatic heterocycles. The van der Waals surface area contributed by atoms with Crippen LogP contribution in [0.15, 0.2) is 58.5 Å². The second kappa shape index (κ2) is 7.81. The number of rotatable bonds is 4. The van der Waals surface area contributed by atoms with Crippen molar-refractivity contribution >= 4 is 11.4 Å². The number of hydrogen-bond acceptors (Lipinski definition) is 3. The molecule has 0 aliphatic rings. The van der Waals surface area contributed by atoms with Gasteiger partial charge in [0.2, 0.25) is 0 Å². The van der Waals surface area contributed by atoms with Gasteiger partial charge in [-0.3, -0.25) is 9.98 Å². The molecule has 0 amide bonds. The zero-order valence-corrected chi connectivity index (χ0v) is 14.2. The predicted octanol–water partition coefficient (Wildman–Crippen LogP) is 5.44. The van der Waals surface area contributed by atoms with Crippen molar-refractivity contribution in [3.8, 4) is 11.5 Å². The van der Waals surface area contributed by atoms with Crippen molar-refractivity contribution in [3.63, 3.8) is 0 Å². The Labute approximate surface area is 151 Å². The van der Waals surface area contributed by atoms with Crippen LogP contribution in [0.1, 0.15) is 11.1 Å². The summed E-state index contributed by atoms with van der Waals surface area (Å²) in [6, 6.07) is 10.1. The molecule has 0 radical (unpaired) electrons. The van der Waals surface area contributed by atoms with Gasteiger partial charge in [-0.2, -0.15) is 26.3 Å². The van der Waals surface area contributed by atoms with Gasteiger partial charge < -0.3 is 4.74 Å². The fourth-order valence-electron chi connectivity index (χ4n) is 2.34. The van der Waals surface area contributed by atoms with Gasteiger partial charge in [-0.15, -0.1) is 0 Å². The maximum absolute atomic E-state index is 12.8. The molecule has 0 aliphatic carbocycles. The minimum Gasteiger partial charge on any atom is -0.457 e. The minimum atomic E-state index is -4.58. The second-order valence-corrected chi connectivity index (χ2v) is 5.29. The third-order valence-electron chi connectivity index (χ3n) is 3.48. The van der Waals surface area contributed by atoms with E-state index < -0.39 is 23.8 Å². The van der Waals surface area contributed by atoms with Gasteiger partial charge in [0.15, 0.2) is 0 Å². The summed E-state index contributed by atoms with van der Waals surface area (Å²) in [5.74, 6) is 0.452. The van der Waals surface area contributed by atoms with Crippen molar-refractivity contribution in [1.82, 2.24) is 0 Å². The lowest BCUT2D eigenvalue weighted by molar-refractivity contribution is -0.0589. The van der Waals surface area contributed by atoms with Crippen molar-refractivity contribution in [2.24, 2.45) is 9.98 Å². The summed E-state index contributed by atoms with van der Waals surface area (Å²) >= 11 is 0. The van der Waals surface area contributed by atoms with E-state index in [4.69, 9.17) is 4.74 Å². The Kier molecular flexibility index (Phi) is 5.92. The molecule has 2 rings (SSSR count). The van der Waals surface area contributed by atoms with Crippen molar-refractivity contribution in [1.29, 1.82) is 0 Å². The molecule has 0 heterocycles. The lowest BCUT2D eigenvalue weighted by Gasteiger charge is -2.12. The van der Waals surface area contributed by atoms with E-state index >= 15 is 0 Å². The Morgan fingerprint density at radius 3 is 1.15 bits per heavy atom. The third kappa shape index (κ3) is 5.08. The number of benzene rings is 2. The number of alkyl halides is 6. The van der Waals surface area contributed by atoms with E-state index in [2.05, 4.69) is 9.98 Å². The highest BCUT2D eigenvalue weighted by Crippen LogP contribution is 2.28. The second-order valence-electron chi connectivity index (χ2n) is 5.29. The number of hydrogen-bond donors (Lipinski definition) is 0. The molecule has 0 atom stereocenters. The summed E-state index contributed by atoms with van der Waals surface area (Å²) < 4.78 is 82.4. The molecule has 0 fully saturated rings. The fraction of sp³-hybridized carbons (Fsp3) is 0.222. The number of nitrogens with zero attached hydrogens (tertiary/aromatic N) is 2. The molecule has 0 spiro atoms. The van der Waals surface area contributed by atoms with Crippen LogP contribution in [0.4, 0.5) is 26.3 Å². The summed E-state index contributed by atoms with van der Waals surface area (Å²) in [7, 11) is 2.09. The molecule has 2 aromatic rings. The maximum atomic E-state index is 12.8. The fourth-order valence-corrected chi connectivity index (χ4v) is 2.34. The lowest BCUT2D eigenvalue weighted by atomic mass is 10.1. The first-order valence-electron chi connectivity index (χ1n) is 7.53. The van der Waals surface area contributed by atoms with Gasteiger partial charge in [0.05, 0.1) is 0 Å². The van der Waals surface area contributed by atoms with Crippen LogP contribution in [-0.2, 0) is 0 Å². The molecule has 3 nitrogen and oxygen atoms in total. The molecule has 0 aromatic heterocycles. The molecule has 0 saturated heterocycles. The Balaban J connectivity index is 2.17. The van der Waals surface area contributed by atoms with E-state index in [0.29, 0.717) is 0 Å². The topological polar surface area (TPSA) is 34.0 Å². The predicted molar refractivity (Wildman–Crippen MR) is 90.0 cm³/mol. The summed E-state index contributed by atoms with van der Waals surface area (Å²) in [5.41, 5.74) is -2.28. The van der Waals surface area contributed by atoms with Crippen LogP contribution in [0.5, 0.6) is 11.5 Å². The quantitative estimate of drug-likeness (QED) is 0.507. The highest BCUT2D eigenvalue weighted by atomic mass is 19.4. The SMILES string of the molecule is C/N=C(/c1ccc(Oc2ccc(/C(=N/C)C(F)(F)F)cc2)cc1)C(F)(F)F. The van der Waals surface area contributed by atoms with Gasteiger partial charge in [0.25, 0.3) is 0 Å². The van der Waals surface area contributed by atoms with Crippen molar-refractivity contribution in [3.05, 3.63) is 59.7 Å². The van der Waals surface area contributed by atoms with Gasteiger partial charge in [-0.25, -0.2) is 0 Å². The van der Waals surface area contributed by atoms with Gasteiger partial charge >= 0.3 is 12.4 Å². The standard InChI is InChI=1S/C18H14F6N2O/c1-25-15(17(19,20)21)11-3-7-13(8-4-11)27-14-9-5-12(6-10-14)16(26-2)18(22,23)24/h3-10H,1-2H3/b25-15-,26-16-. The van der Waals surface area contributed by atoms with Crippen LogP contribution >= 0.6 is 0 Å². The van der Waals surface area contributed by atoms with E-state index in [1.807, 2.05) is 0 Å². The highest BCUT2D eigenvalue weighted by Gasteiger charge is 2.36. The van der Waals surface area contributed by atoms with Gasteiger partial charge in [0, 0.05) is 25.2 Å². The molecule has 144 valence electrons. The summed E-state index contributed by atoms with van der Waals surface area (Å²) in [6.45, 7) is 0. The molecular weight excluding hydrogens is 374 g/mol. The number of ether oxygens (including phenoxy) is 1. The van der Waals surface area contributed by atoms with E-state index in [0.717, 1.165) is 14.1 Å². The lowest BCUT2D eigenvalue weighted by Crippen LogP contribution is -2.23. The first kappa shape index (κ1) is 20.5. The smallest absolute Gasteiger partial charge is 0.433 e. The Morgan fingerprint density at radius 2 is 0.926 bits per heavy atom. The average Bonchev–Trinajstić information content (AvgIpc) is 2.57. The first-order chi connectivity index (χ1) is 12.6. The van der Waals surface area contributed by atoms with Crippen LogP contribution < -0.4 is 4.74 Å². The molecule has 0 N–H and O–H groups in total. The average molecular weight is 388 g/mol. The third-order valence-corrected chi connectivity index (χ3v) is 3.48.